The SMILES string of the molecule is CCCS(=O)(=O)NC1CCN(CC2(C)CCNC2)CC1. The van der Waals surface area contributed by atoms with E-state index in [0.29, 0.717) is 11.8 Å². The number of nitrogens with one attached hydrogen (secondary N) is 2. The highest BCUT2D eigenvalue weighted by atomic mass is 32.2. The monoisotopic (exact) mass is 303 g/mol. The van der Waals surface area contributed by atoms with Crippen molar-refractivity contribution in [1.82, 2.24) is 14.9 Å². The minimum Gasteiger partial charge on any atom is -0.316 e. The molecule has 2 fully saturated rings. The van der Waals surface area contributed by atoms with Gasteiger partial charge in [0.15, 0.2) is 0 Å². The molecule has 118 valence electrons. The molecule has 0 aromatic heterocycles. The van der Waals surface area contributed by atoms with Crippen molar-refractivity contribution in [3.8, 4) is 0 Å². The number of hydrogen-bond acceptors (Lipinski definition) is 4. The molecule has 1 unspecified atom stereocenters. The van der Waals surface area contributed by atoms with Gasteiger partial charge in [0.1, 0.15) is 0 Å². The molecule has 1 atom stereocenters. The molecule has 2 rings (SSSR count). The highest BCUT2D eigenvalue weighted by Gasteiger charge is 2.32. The summed E-state index contributed by atoms with van der Waals surface area (Å²) in [5.41, 5.74) is 0.397. The van der Waals surface area contributed by atoms with Crippen LogP contribution >= 0.6 is 0 Å². The third kappa shape index (κ3) is 4.69. The molecule has 0 saturated carbocycles. The smallest absolute Gasteiger partial charge is 0.211 e. The van der Waals surface area contributed by atoms with Crippen LogP contribution in [0, 0.1) is 5.41 Å². The van der Waals surface area contributed by atoms with Crippen LogP contribution in [0.4, 0.5) is 0 Å². The fourth-order valence-electron chi connectivity index (χ4n) is 3.33. The number of piperidine rings is 1. The van der Waals surface area contributed by atoms with E-state index in [-0.39, 0.29) is 11.8 Å². The van der Waals surface area contributed by atoms with Crippen LogP contribution < -0.4 is 10.0 Å². The van der Waals surface area contributed by atoms with E-state index in [9.17, 15) is 8.42 Å². The zero-order valence-electron chi connectivity index (χ0n) is 12.8. The van der Waals surface area contributed by atoms with Gasteiger partial charge < -0.3 is 10.2 Å². The van der Waals surface area contributed by atoms with Crippen LogP contribution in [-0.4, -0.2) is 57.8 Å². The number of hydrogen-bond donors (Lipinski definition) is 2. The van der Waals surface area contributed by atoms with Crippen molar-refractivity contribution < 1.29 is 8.42 Å². The molecule has 0 bridgehead atoms. The third-order valence-electron chi connectivity index (χ3n) is 4.47. The first-order valence-corrected chi connectivity index (χ1v) is 9.51. The first-order chi connectivity index (χ1) is 9.42. The van der Waals surface area contributed by atoms with Gasteiger partial charge in [0.2, 0.25) is 10.0 Å². The Morgan fingerprint density at radius 1 is 1.35 bits per heavy atom. The Kier molecular flexibility index (Phi) is 5.45. The standard InChI is InChI=1S/C14H29N3O2S/c1-3-10-20(18,19)16-13-4-8-17(9-5-13)12-14(2)6-7-15-11-14/h13,15-16H,3-12H2,1-2H3. The first kappa shape index (κ1) is 16.2. The molecule has 0 spiro atoms. The zero-order chi connectivity index (χ0) is 14.6. The molecule has 2 heterocycles. The van der Waals surface area contributed by atoms with E-state index >= 15 is 0 Å². The second-order valence-electron chi connectivity index (χ2n) is 6.72. The van der Waals surface area contributed by atoms with Crippen LogP contribution in [-0.2, 0) is 10.0 Å². The number of rotatable bonds is 6. The van der Waals surface area contributed by atoms with E-state index < -0.39 is 10.0 Å². The first-order valence-electron chi connectivity index (χ1n) is 7.85. The van der Waals surface area contributed by atoms with Gasteiger partial charge in [-0.15, -0.1) is 0 Å². The summed E-state index contributed by atoms with van der Waals surface area (Å²) in [6.45, 7) is 9.64. The van der Waals surface area contributed by atoms with Gasteiger partial charge in [-0.2, -0.15) is 0 Å². The van der Waals surface area contributed by atoms with Gasteiger partial charge in [0.05, 0.1) is 5.75 Å². The molecule has 2 saturated heterocycles. The predicted octanol–water partition coefficient (Wildman–Crippen LogP) is 0.780. The Hall–Kier alpha value is -0.170. The highest BCUT2D eigenvalue weighted by Crippen LogP contribution is 2.27. The van der Waals surface area contributed by atoms with Crippen LogP contribution in [0.5, 0.6) is 0 Å². The molecule has 6 heteroatoms. The van der Waals surface area contributed by atoms with Crippen molar-refractivity contribution in [2.24, 2.45) is 5.41 Å². The van der Waals surface area contributed by atoms with Crippen molar-refractivity contribution in [3.63, 3.8) is 0 Å². The average Bonchev–Trinajstić information content (AvgIpc) is 2.78. The second kappa shape index (κ2) is 6.73. The number of likely N-dealkylation sites (tertiary alicyclic amines) is 1. The van der Waals surface area contributed by atoms with Crippen LogP contribution in [0.3, 0.4) is 0 Å². The maximum Gasteiger partial charge on any atom is 0.211 e. The molecule has 0 aromatic rings. The zero-order valence-corrected chi connectivity index (χ0v) is 13.6. The summed E-state index contributed by atoms with van der Waals surface area (Å²) in [5.74, 6) is 0.247. The molecule has 0 amide bonds. The lowest BCUT2D eigenvalue weighted by molar-refractivity contribution is 0.142. The lowest BCUT2D eigenvalue weighted by Crippen LogP contribution is -2.48. The van der Waals surface area contributed by atoms with Crippen molar-refractivity contribution in [1.29, 1.82) is 0 Å². The van der Waals surface area contributed by atoms with E-state index in [0.717, 1.165) is 45.6 Å². The number of sulfonamides is 1. The van der Waals surface area contributed by atoms with Crippen LogP contribution in [0.15, 0.2) is 0 Å². The molecule has 0 radical (unpaired) electrons. The maximum absolute atomic E-state index is 11.8. The summed E-state index contributed by atoms with van der Waals surface area (Å²) < 4.78 is 26.4. The average molecular weight is 303 g/mol. The molecule has 2 aliphatic rings. The summed E-state index contributed by atoms with van der Waals surface area (Å²) in [4.78, 5) is 2.50. The Balaban J connectivity index is 1.75. The van der Waals surface area contributed by atoms with Gasteiger partial charge in [0.25, 0.3) is 0 Å². The van der Waals surface area contributed by atoms with E-state index in [1.54, 1.807) is 0 Å². The Labute approximate surface area is 123 Å². The summed E-state index contributed by atoms with van der Waals surface area (Å²) in [6.07, 6.45) is 3.80. The van der Waals surface area contributed by atoms with Gasteiger partial charge in [0, 0.05) is 19.1 Å². The van der Waals surface area contributed by atoms with Crippen molar-refractivity contribution in [2.45, 2.75) is 45.6 Å². The quantitative estimate of drug-likeness (QED) is 0.761. The summed E-state index contributed by atoms with van der Waals surface area (Å²) in [5, 5.41) is 3.44. The fourth-order valence-corrected chi connectivity index (χ4v) is 4.73. The lowest BCUT2D eigenvalue weighted by atomic mass is 9.88. The van der Waals surface area contributed by atoms with E-state index in [2.05, 4.69) is 21.9 Å². The molecule has 0 aromatic carbocycles. The highest BCUT2D eigenvalue weighted by molar-refractivity contribution is 7.89. The summed E-state index contributed by atoms with van der Waals surface area (Å²) in [7, 11) is -3.06. The minimum absolute atomic E-state index is 0.136. The lowest BCUT2D eigenvalue weighted by Gasteiger charge is -2.37. The molecule has 2 aliphatic heterocycles. The minimum atomic E-state index is -3.06. The Bertz CT molecular complexity index is 397. The topological polar surface area (TPSA) is 61.4 Å². The van der Waals surface area contributed by atoms with E-state index in [1.807, 2.05) is 6.92 Å². The largest absolute Gasteiger partial charge is 0.316 e. The molecular weight excluding hydrogens is 274 g/mol. The van der Waals surface area contributed by atoms with Crippen molar-refractivity contribution in [2.75, 3.05) is 38.5 Å². The van der Waals surface area contributed by atoms with Crippen LogP contribution in [0.25, 0.3) is 0 Å². The van der Waals surface area contributed by atoms with Gasteiger partial charge in [-0.1, -0.05) is 13.8 Å². The van der Waals surface area contributed by atoms with Gasteiger partial charge >= 0.3 is 0 Å². The van der Waals surface area contributed by atoms with Gasteiger partial charge in [-0.3, -0.25) is 0 Å². The molecular formula is C14H29N3O2S. The number of nitrogens with zero attached hydrogens (tertiary/aromatic N) is 1. The molecule has 0 aliphatic carbocycles. The normalized spacial score (nSPS) is 29.9. The predicted molar refractivity (Wildman–Crippen MR) is 82.3 cm³/mol. The molecule has 5 nitrogen and oxygen atoms in total. The van der Waals surface area contributed by atoms with Crippen LogP contribution in [0.1, 0.15) is 39.5 Å². The van der Waals surface area contributed by atoms with E-state index in [4.69, 9.17) is 0 Å². The maximum atomic E-state index is 11.8. The molecule has 20 heavy (non-hydrogen) atoms. The Morgan fingerprint density at radius 3 is 2.60 bits per heavy atom. The summed E-state index contributed by atoms with van der Waals surface area (Å²) in [6, 6.07) is 0.136. The van der Waals surface area contributed by atoms with Crippen LogP contribution in [0.2, 0.25) is 0 Å². The van der Waals surface area contributed by atoms with E-state index in [1.165, 1.54) is 6.42 Å². The summed E-state index contributed by atoms with van der Waals surface area (Å²) >= 11 is 0. The van der Waals surface area contributed by atoms with Crippen molar-refractivity contribution in [3.05, 3.63) is 0 Å². The van der Waals surface area contributed by atoms with Crippen molar-refractivity contribution >= 4 is 10.0 Å². The second-order valence-corrected chi connectivity index (χ2v) is 8.60. The van der Waals surface area contributed by atoms with Gasteiger partial charge in [-0.25, -0.2) is 13.1 Å². The van der Waals surface area contributed by atoms with Gasteiger partial charge in [-0.05, 0) is 50.7 Å². The third-order valence-corrected chi connectivity index (χ3v) is 6.11. The molecule has 2 N–H and O–H groups in total. The Morgan fingerprint density at radius 2 is 2.05 bits per heavy atom. The fraction of sp³-hybridized carbons (Fsp3) is 1.00.